The maximum atomic E-state index is 2.40. The third-order valence-electron chi connectivity index (χ3n) is 10.2. The van der Waals surface area contributed by atoms with Crippen molar-refractivity contribution in [3.63, 3.8) is 0 Å². The second kappa shape index (κ2) is 12.3. The lowest BCUT2D eigenvalue weighted by Crippen LogP contribution is -2.10. The summed E-state index contributed by atoms with van der Waals surface area (Å²) < 4.78 is 7.83. The molecule has 0 amide bonds. The largest absolute Gasteiger partial charge is 0.310 e. The Hall–Kier alpha value is -5.98. The van der Waals surface area contributed by atoms with Crippen molar-refractivity contribution in [2.24, 2.45) is 0 Å². The van der Waals surface area contributed by atoms with E-state index in [1.807, 2.05) is 34.0 Å². The molecule has 0 N–H and O–H groups in total. The molecule has 0 atom stereocenters. The van der Waals surface area contributed by atoms with Gasteiger partial charge >= 0.3 is 0 Å². The molecule has 0 spiro atoms. The summed E-state index contributed by atoms with van der Waals surface area (Å²) in [4.78, 5) is 4.80. The number of thiophene rings is 3. The van der Waals surface area contributed by atoms with E-state index in [0.29, 0.717) is 0 Å². The minimum absolute atomic E-state index is 1.14. The minimum atomic E-state index is 1.14. The smallest absolute Gasteiger partial charge is 0.0468 e. The number of fused-ring (bicyclic) bond motifs is 9. The molecule has 0 fully saturated rings. The van der Waals surface area contributed by atoms with Crippen LogP contribution >= 0.6 is 34.0 Å². The van der Waals surface area contributed by atoms with Crippen LogP contribution in [0.15, 0.2) is 182 Å². The van der Waals surface area contributed by atoms with Crippen molar-refractivity contribution in [2.45, 2.75) is 0 Å². The van der Waals surface area contributed by atoms with Gasteiger partial charge in [0.2, 0.25) is 0 Å². The Balaban J connectivity index is 1.08. The maximum Gasteiger partial charge on any atom is 0.0468 e. The zero-order valence-corrected chi connectivity index (χ0v) is 30.9. The third-order valence-corrected chi connectivity index (χ3v) is 13.7. The van der Waals surface area contributed by atoms with Crippen molar-refractivity contribution in [3.8, 4) is 0 Å². The molecule has 0 bridgehead atoms. The Kier molecular flexibility index (Phi) is 7.12. The molecule has 5 heteroatoms. The van der Waals surface area contributed by atoms with Crippen molar-refractivity contribution in [3.05, 3.63) is 182 Å². The van der Waals surface area contributed by atoms with E-state index >= 15 is 0 Å². The van der Waals surface area contributed by atoms with E-state index in [4.69, 9.17) is 0 Å². The molecule has 250 valence electrons. The van der Waals surface area contributed by atoms with Gasteiger partial charge in [-0.25, -0.2) is 0 Å². The Morgan fingerprint density at radius 1 is 0.226 bits per heavy atom. The molecule has 11 aromatic rings. The van der Waals surface area contributed by atoms with Crippen LogP contribution in [-0.4, -0.2) is 0 Å². The van der Waals surface area contributed by atoms with Crippen molar-refractivity contribution in [1.29, 1.82) is 0 Å². The molecule has 8 aromatic carbocycles. The quantitative estimate of drug-likeness (QED) is 0.168. The van der Waals surface area contributed by atoms with E-state index in [-0.39, 0.29) is 0 Å². The predicted octanol–water partition coefficient (Wildman–Crippen LogP) is 15.7. The lowest BCUT2D eigenvalue weighted by molar-refractivity contribution is 1.29. The Morgan fingerprint density at radius 3 is 0.868 bits per heavy atom. The highest BCUT2D eigenvalue weighted by Crippen LogP contribution is 2.46. The summed E-state index contributed by atoms with van der Waals surface area (Å²) in [6, 6.07) is 66.7. The van der Waals surface area contributed by atoms with Crippen molar-refractivity contribution in [2.75, 3.05) is 9.80 Å². The van der Waals surface area contributed by atoms with Gasteiger partial charge in [-0.2, -0.15) is 0 Å². The molecular formula is C48H30N2S3. The molecule has 2 nitrogen and oxygen atoms in total. The average molecular weight is 731 g/mol. The zero-order valence-electron chi connectivity index (χ0n) is 28.4. The first-order valence-corrected chi connectivity index (χ1v) is 20.2. The molecule has 11 rings (SSSR count). The highest BCUT2D eigenvalue weighted by molar-refractivity contribution is 7.26. The fraction of sp³-hybridized carbons (Fsp3) is 0. The molecule has 0 aliphatic carbocycles. The summed E-state index contributed by atoms with van der Waals surface area (Å²) in [6.45, 7) is 0. The molecule has 0 saturated carbocycles. The molecule has 0 aliphatic rings. The lowest BCUT2D eigenvalue weighted by atomic mass is 10.1. The monoisotopic (exact) mass is 730 g/mol. The van der Waals surface area contributed by atoms with Crippen molar-refractivity contribution >= 4 is 129 Å². The molecule has 0 radical (unpaired) electrons. The van der Waals surface area contributed by atoms with Crippen LogP contribution in [0.1, 0.15) is 0 Å². The number of benzene rings is 8. The van der Waals surface area contributed by atoms with E-state index in [1.165, 1.54) is 60.5 Å². The standard InChI is InChI=1S/C48H30N2S3/c1-3-11-31(12-4-1)49(33-19-23-45-39(27-33)37-15-7-9-17-43(37)51-45)35-21-25-47-41(29-35)42-30-36(22-26-48(42)53-47)50(32-13-5-2-6-14-32)34-20-24-46-40(28-34)38-16-8-10-18-44(38)52-46/h1-30H. The average Bonchev–Trinajstić information content (AvgIpc) is 3.90. The minimum Gasteiger partial charge on any atom is -0.310 e. The van der Waals surface area contributed by atoms with Crippen LogP contribution < -0.4 is 9.80 Å². The van der Waals surface area contributed by atoms with Crippen LogP contribution in [0.5, 0.6) is 0 Å². The Bertz CT molecular complexity index is 2930. The number of hydrogen-bond donors (Lipinski definition) is 0. The maximum absolute atomic E-state index is 2.40. The topological polar surface area (TPSA) is 6.48 Å². The number of rotatable bonds is 6. The van der Waals surface area contributed by atoms with Crippen molar-refractivity contribution < 1.29 is 0 Å². The Labute approximate surface area is 318 Å². The molecule has 0 unspecified atom stereocenters. The SMILES string of the molecule is c1ccc(N(c2ccc3sc4ccccc4c3c2)c2ccc3sc4ccc(N(c5ccccc5)c5ccc6sc7ccccc7c6c5)cc4c3c2)cc1. The van der Waals surface area contributed by atoms with Gasteiger partial charge in [0.1, 0.15) is 0 Å². The second-order valence-electron chi connectivity index (χ2n) is 13.4. The van der Waals surface area contributed by atoms with Gasteiger partial charge in [-0.1, -0.05) is 72.8 Å². The van der Waals surface area contributed by atoms with Crippen LogP contribution in [-0.2, 0) is 0 Å². The summed E-state index contributed by atoms with van der Waals surface area (Å²) in [7, 11) is 0. The first-order chi connectivity index (χ1) is 26.2. The van der Waals surface area contributed by atoms with Crippen LogP contribution in [0.2, 0.25) is 0 Å². The predicted molar refractivity (Wildman–Crippen MR) is 234 cm³/mol. The van der Waals surface area contributed by atoms with E-state index in [0.717, 1.165) is 34.1 Å². The molecular weight excluding hydrogens is 701 g/mol. The lowest BCUT2D eigenvalue weighted by Gasteiger charge is -2.26. The zero-order chi connectivity index (χ0) is 34.9. The van der Waals surface area contributed by atoms with E-state index in [9.17, 15) is 0 Å². The van der Waals surface area contributed by atoms with Crippen LogP contribution in [0.4, 0.5) is 34.1 Å². The van der Waals surface area contributed by atoms with Gasteiger partial charge in [0.25, 0.3) is 0 Å². The molecule has 0 saturated heterocycles. The molecule has 3 heterocycles. The Morgan fingerprint density at radius 2 is 0.509 bits per heavy atom. The molecule has 0 aliphatic heterocycles. The van der Waals surface area contributed by atoms with Crippen LogP contribution in [0.3, 0.4) is 0 Å². The van der Waals surface area contributed by atoms with Crippen molar-refractivity contribution in [1.82, 2.24) is 0 Å². The number of anilines is 6. The van der Waals surface area contributed by atoms with Gasteiger partial charge < -0.3 is 9.80 Å². The third kappa shape index (κ3) is 5.12. The normalized spacial score (nSPS) is 11.8. The van der Waals surface area contributed by atoms with E-state index in [1.54, 1.807) is 0 Å². The number of nitrogens with zero attached hydrogens (tertiary/aromatic N) is 2. The fourth-order valence-corrected chi connectivity index (χ4v) is 11.0. The fourth-order valence-electron chi connectivity index (χ4n) is 7.79. The van der Waals surface area contributed by atoms with Gasteiger partial charge in [0.15, 0.2) is 0 Å². The van der Waals surface area contributed by atoms with Gasteiger partial charge in [-0.3, -0.25) is 0 Å². The summed E-state index contributed by atoms with van der Waals surface area (Å²) in [6.07, 6.45) is 0. The van der Waals surface area contributed by atoms with E-state index in [2.05, 4.69) is 192 Å². The second-order valence-corrected chi connectivity index (χ2v) is 16.6. The summed E-state index contributed by atoms with van der Waals surface area (Å²) in [5.41, 5.74) is 6.86. The highest BCUT2D eigenvalue weighted by Gasteiger charge is 2.19. The van der Waals surface area contributed by atoms with Gasteiger partial charge in [0.05, 0.1) is 0 Å². The first kappa shape index (κ1) is 30.6. The summed E-state index contributed by atoms with van der Waals surface area (Å²) in [5.74, 6) is 0. The highest BCUT2D eigenvalue weighted by atomic mass is 32.1. The molecule has 53 heavy (non-hydrogen) atoms. The van der Waals surface area contributed by atoms with Gasteiger partial charge in [0, 0.05) is 94.6 Å². The first-order valence-electron chi connectivity index (χ1n) is 17.7. The van der Waals surface area contributed by atoms with Crippen LogP contribution in [0, 0.1) is 0 Å². The summed E-state index contributed by atoms with van der Waals surface area (Å²) in [5, 5.41) is 7.74. The number of para-hydroxylation sites is 2. The number of hydrogen-bond acceptors (Lipinski definition) is 5. The van der Waals surface area contributed by atoms with Gasteiger partial charge in [-0.05, 0) is 109 Å². The van der Waals surface area contributed by atoms with Crippen LogP contribution in [0.25, 0.3) is 60.5 Å². The van der Waals surface area contributed by atoms with Gasteiger partial charge in [-0.15, -0.1) is 34.0 Å². The summed E-state index contributed by atoms with van der Waals surface area (Å²) >= 11 is 5.58. The van der Waals surface area contributed by atoms with E-state index < -0.39 is 0 Å². The molecule has 3 aromatic heterocycles.